The summed E-state index contributed by atoms with van der Waals surface area (Å²) in [5.74, 6) is 0.445. The van der Waals surface area contributed by atoms with Crippen LogP contribution < -0.4 is 5.43 Å². The standard InChI is InChI=1S/C11H14N2O/c1-8-10(11(14)13-12-8)7-9-5-3-2-4-6-9/h2-3,7,9H,4-6H2,1H3,(H,13,14)/b10-7+/t9-/m1/s1. The summed E-state index contributed by atoms with van der Waals surface area (Å²) in [6, 6.07) is 0. The molecule has 3 nitrogen and oxygen atoms in total. The summed E-state index contributed by atoms with van der Waals surface area (Å²) in [4.78, 5) is 11.3. The number of nitrogens with one attached hydrogen (secondary N) is 1. The highest BCUT2D eigenvalue weighted by Crippen LogP contribution is 2.22. The molecule has 0 fully saturated rings. The minimum atomic E-state index is -0.0583. The fourth-order valence-electron chi connectivity index (χ4n) is 1.82. The van der Waals surface area contributed by atoms with E-state index in [0.717, 1.165) is 30.5 Å². The molecule has 1 aliphatic heterocycles. The van der Waals surface area contributed by atoms with Crippen molar-refractivity contribution in [2.24, 2.45) is 11.0 Å². The van der Waals surface area contributed by atoms with Crippen LogP contribution in [0.4, 0.5) is 0 Å². The number of allylic oxidation sites excluding steroid dienone is 3. The molecule has 1 amide bonds. The molecule has 1 aliphatic carbocycles. The van der Waals surface area contributed by atoms with Crippen molar-refractivity contribution < 1.29 is 4.79 Å². The van der Waals surface area contributed by atoms with Gasteiger partial charge in [0.05, 0.1) is 11.3 Å². The maximum Gasteiger partial charge on any atom is 0.272 e. The summed E-state index contributed by atoms with van der Waals surface area (Å²) >= 11 is 0. The number of amides is 1. The molecule has 0 saturated carbocycles. The van der Waals surface area contributed by atoms with E-state index in [9.17, 15) is 4.79 Å². The molecule has 1 heterocycles. The monoisotopic (exact) mass is 190 g/mol. The molecule has 0 aromatic carbocycles. The maximum absolute atomic E-state index is 11.3. The first kappa shape index (κ1) is 9.19. The quantitative estimate of drug-likeness (QED) is 0.497. The van der Waals surface area contributed by atoms with Crippen LogP contribution in [0.2, 0.25) is 0 Å². The normalized spacial score (nSPS) is 29.2. The second kappa shape index (κ2) is 3.78. The lowest BCUT2D eigenvalue weighted by molar-refractivity contribution is -0.116. The van der Waals surface area contributed by atoms with Gasteiger partial charge < -0.3 is 0 Å². The van der Waals surface area contributed by atoms with E-state index in [1.165, 1.54) is 0 Å². The number of hydrazone groups is 1. The third-order valence-corrected chi connectivity index (χ3v) is 2.67. The lowest BCUT2D eigenvalue weighted by Gasteiger charge is -2.13. The lowest BCUT2D eigenvalue weighted by atomic mass is 9.91. The molecule has 2 rings (SSSR count). The highest BCUT2D eigenvalue weighted by molar-refractivity contribution is 6.23. The van der Waals surface area contributed by atoms with Gasteiger partial charge in [-0.2, -0.15) is 5.10 Å². The fraction of sp³-hybridized carbons (Fsp3) is 0.455. The molecule has 2 aliphatic rings. The highest BCUT2D eigenvalue weighted by atomic mass is 16.2. The van der Waals surface area contributed by atoms with Crippen LogP contribution in [0.15, 0.2) is 28.9 Å². The Hall–Kier alpha value is -1.38. The van der Waals surface area contributed by atoms with Crippen molar-refractivity contribution in [3.8, 4) is 0 Å². The van der Waals surface area contributed by atoms with Gasteiger partial charge in [-0.1, -0.05) is 18.2 Å². The van der Waals surface area contributed by atoms with Gasteiger partial charge >= 0.3 is 0 Å². The highest BCUT2D eigenvalue weighted by Gasteiger charge is 2.20. The third-order valence-electron chi connectivity index (χ3n) is 2.67. The van der Waals surface area contributed by atoms with Crippen molar-refractivity contribution in [2.45, 2.75) is 26.2 Å². The smallest absolute Gasteiger partial charge is 0.267 e. The molecule has 0 spiro atoms. The Balaban J connectivity index is 2.13. The van der Waals surface area contributed by atoms with Crippen LogP contribution in [0.3, 0.4) is 0 Å². The topological polar surface area (TPSA) is 41.5 Å². The number of nitrogens with zero attached hydrogens (tertiary/aromatic N) is 1. The van der Waals surface area contributed by atoms with Crippen molar-refractivity contribution in [2.75, 3.05) is 0 Å². The number of hydrogen-bond donors (Lipinski definition) is 1. The second-order valence-electron chi connectivity index (χ2n) is 3.76. The summed E-state index contributed by atoms with van der Waals surface area (Å²) in [5, 5.41) is 3.89. The van der Waals surface area contributed by atoms with Gasteiger partial charge in [0.1, 0.15) is 0 Å². The first-order valence-corrected chi connectivity index (χ1v) is 4.99. The minimum Gasteiger partial charge on any atom is -0.267 e. The van der Waals surface area contributed by atoms with Gasteiger partial charge in [-0.05, 0) is 32.1 Å². The van der Waals surface area contributed by atoms with Crippen LogP contribution in [0.25, 0.3) is 0 Å². The minimum absolute atomic E-state index is 0.0583. The first-order valence-electron chi connectivity index (χ1n) is 4.99. The van der Waals surface area contributed by atoms with E-state index in [4.69, 9.17) is 0 Å². The Kier molecular flexibility index (Phi) is 2.48. The predicted molar refractivity (Wildman–Crippen MR) is 55.8 cm³/mol. The van der Waals surface area contributed by atoms with Crippen LogP contribution >= 0.6 is 0 Å². The Bertz CT molecular complexity index is 339. The van der Waals surface area contributed by atoms with E-state index in [2.05, 4.69) is 28.8 Å². The van der Waals surface area contributed by atoms with Crippen molar-refractivity contribution in [3.05, 3.63) is 23.8 Å². The molecule has 1 atom stereocenters. The molecule has 0 saturated heterocycles. The maximum atomic E-state index is 11.3. The molecule has 1 N–H and O–H groups in total. The first-order chi connectivity index (χ1) is 6.77. The average Bonchev–Trinajstić information content (AvgIpc) is 2.51. The molecule has 3 heteroatoms. The van der Waals surface area contributed by atoms with E-state index < -0.39 is 0 Å². The molecule has 74 valence electrons. The summed E-state index contributed by atoms with van der Waals surface area (Å²) in [6.45, 7) is 1.86. The van der Waals surface area contributed by atoms with Crippen LogP contribution in [-0.4, -0.2) is 11.6 Å². The van der Waals surface area contributed by atoms with Crippen LogP contribution in [0, 0.1) is 5.92 Å². The zero-order valence-electron chi connectivity index (χ0n) is 8.29. The Morgan fingerprint density at radius 3 is 3.00 bits per heavy atom. The predicted octanol–water partition coefficient (Wildman–Crippen LogP) is 1.77. The molecule has 0 unspecified atom stereocenters. The van der Waals surface area contributed by atoms with E-state index in [1.54, 1.807) is 0 Å². The molecule has 0 radical (unpaired) electrons. The molecule has 0 aromatic heterocycles. The number of rotatable bonds is 1. The summed E-state index contributed by atoms with van der Waals surface area (Å²) in [7, 11) is 0. The number of carbonyl (C=O) groups excluding carboxylic acids is 1. The molecule has 0 aromatic rings. The molecule has 0 bridgehead atoms. The van der Waals surface area contributed by atoms with Crippen LogP contribution in [-0.2, 0) is 4.79 Å². The van der Waals surface area contributed by atoms with Crippen LogP contribution in [0.1, 0.15) is 26.2 Å². The van der Waals surface area contributed by atoms with Gasteiger partial charge in [0, 0.05) is 0 Å². The molecule has 14 heavy (non-hydrogen) atoms. The van der Waals surface area contributed by atoms with Crippen molar-refractivity contribution in [1.29, 1.82) is 0 Å². The van der Waals surface area contributed by atoms with Gasteiger partial charge in [-0.3, -0.25) is 4.79 Å². The Morgan fingerprint density at radius 2 is 2.43 bits per heavy atom. The fourth-order valence-corrected chi connectivity index (χ4v) is 1.82. The van der Waals surface area contributed by atoms with Crippen molar-refractivity contribution in [1.82, 2.24) is 5.43 Å². The zero-order valence-corrected chi connectivity index (χ0v) is 8.29. The average molecular weight is 190 g/mol. The summed E-state index contributed by atoms with van der Waals surface area (Å²) in [5.41, 5.74) is 4.04. The van der Waals surface area contributed by atoms with Crippen molar-refractivity contribution >= 4 is 11.6 Å². The lowest BCUT2D eigenvalue weighted by Crippen LogP contribution is -2.14. The van der Waals surface area contributed by atoms with E-state index in [1.807, 2.05) is 6.92 Å². The molecular weight excluding hydrogens is 176 g/mol. The van der Waals surface area contributed by atoms with Gasteiger partial charge in [0.15, 0.2) is 0 Å². The molecular formula is C11H14N2O. The van der Waals surface area contributed by atoms with Crippen molar-refractivity contribution in [3.63, 3.8) is 0 Å². The van der Waals surface area contributed by atoms with Gasteiger partial charge in [0.2, 0.25) is 0 Å². The number of carbonyl (C=O) groups is 1. The Labute approximate surface area is 83.6 Å². The van der Waals surface area contributed by atoms with Gasteiger partial charge in [-0.15, -0.1) is 0 Å². The van der Waals surface area contributed by atoms with E-state index in [-0.39, 0.29) is 5.91 Å². The number of hydrogen-bond acceptors (Lipinski definition) is 2. The van der Waals surface area contributed by atoms with E-state index >= 15 is 0 Å². The zero-order chi connectivity index (χ0) is 9.97. The SMILES string of the molecule is CC1=NNC(=O)/C1=C/[C@@H]1CC=CCC1. The van der Waals surface area contributed by atoms with Crippen LogP contribution in [0.5, 0.6) is 0 Å². The second-order valence-corrected chi connectivity index (χ2v) is 3.76. The largest absolute Gasteiger partial charge is 0.272 e. The van der Waals surface area contributed by atoms with E-state index in [0.29, 0.717) is 5.92 Å². The summed E-state index contributed by atoms with van der Waals surface area (Å²) < 4.78 is 0. The Morgan fingerprint density at radius 1 is 1.57 bits per heavy atom. The van der Waals surface area contributed by atoms with Gasteiger partial charge in [0.25, 0.3) is 5.91 Å². The third kappa shape index (κ3) is 1.76. The van der Waals surface area contributed by atoms with Gasteiger partial charge in [-0.25, -0.2) is 5.43 Å². The summed E-state index contributed by atoms with van der Waals surface area (Å²) in [6.07, 6.45) is 9.75.